The van der Waals surface area contributed by atoms with Gasteiger partial charge in [-0.2, -0.15) is 0 Å². The Bertz CT molecular complexity index is 1280. The zero-order chi connectivity index (χ0) is 17.9. The number of hydrogen-bond donors (Lipinski definition) is 0. The normalized spacial score (nSPS) is 12.4. The van der Waals surface area contributed by atoms with Gasteiger partial charge in [-0.25, -0.2) is 9.97 Å². The second-order valence-corrected chi connectivity index (χ2v) is 8.43. The fraction of sp³-hybridized carbons (Fsp3) is 0.200. The van der Waals surface area contributed by atoms with Crippen LogP contribution in [0.3, 0.4) is 0 Å². The highest BCUT2D eigenvalue weighted by atomic mass is 32.1. The van der Waals surface area contributed by atoms with Gasteiger partial charge in [0.2, 0.25) is 4.96 Å². The molecule has 2 aromatic carbocycles. The van der Waals surface area contributed by atoms with E-state index in [-0.39, 0.29) is 5.41 Å². The van der Waals surface area contributed by atoms with Crippen molar-refractivity contribution < 1.29 is 0 Å². The minimum Gasteiger partial charge on any atom is -0.256 e. The Balaban J connectivity index is 1.86. The number of benzene rings is 2. The summed E-state index contributed by atoms with van der Waals surface area (Å²) in [6.07, 6.45) is 3.32. The number of hydrogen-bond acceptors (Lipinski definition) is 5. The van der Waals surface area contributed by atoms with E-state index < -0.39 is 0 Å². The largest absolute Gasteiger partial charge is 0.256 e. The van der Waals surface area contributed by atoms with Crippen LogP contribution in [-0.4, -0.2) is 24.6 Å². The van der Waals surface area contributed by atoms with Gasteiger partial charge in [0, 0.05) is 5.56 Å². The van der Waals surface area contributed by atoms with Crippen molar-refractivity contribution in [2.75, 3.05) is 0 Å². The smallest absolute Gasteiger partial charge is 0.218 e. The molecule has 26 heavy (non-hydrogen) atoms. The lowest BCUT2D eigenvalue weighted by Crippen LogP contribution is -2.12. The van der Waals surface area contributed by atoms with E-state index in [4.69, 9.17) is 0 Å². The van der Waals surface area contributed by atoms with E-state index in [0.717, 1.165) is 26.6 Å². The van der Waals surface area contributed by atoms with Gasteiger partial charge in [0.25, 0.3) is 0 Å². The Kier molecular flexibility index (Phi) is 3.15. The van der Waals surface area contributed by atoms with E-state index in [9.17, 15) is 0 Å². The maximum absolute atomic E-state index is 4.62. The predicted octanol–water partition coefficient (Wildman–Crippen LogP) is 4.85. The van der Waals surface area contributed by atoms with E-state index in [1.54, 1.807) is 24.0 Å². The van der Waals surface area contributed by atoms with Crippen molar-refractivity contribution in [2.24, 2.45) is 0 Å². The third kappa shape index (κ3) is 2.22. The molecule has 0 bridgehead atoms. The average Bonchev–Trinajstić information content (AvgIpc) is 3.21. The van der Waals surface area contributed by atoms with Gasteiger partial charge < -0.3 is 0 Å². The fourth-order valence-corrected chi connectivity index (χ4v) is 4.45. The Hall–Kier alpha value is -2.86. The first kappa shape index (κ1) is 15.4. The Morgan fingerprint density at radius 1 is 1.04 bits per heavy atom. The fourth-order valence-electron chi connectivity index (χ4n) is 3.43. The molecule has 0 aliphatic heterocycles. The first-order valence-electron chi connectivity index (χ1n) is 8.49. The summed E-state index contributed by atoms with van der Waals surface area (Å²) in [4.78, 5) is 9.90. The van der Waals surface area contributed by atoms with Crippen LogP contribution in [0.2, 0.25) is 0 Å². The van der Waals surface area contributed by atoms with E-state index in [1.807, 2.05) is 4.40 Å². The third-order valence-corrected chi connectivity index (χ3v) is 5.71. The van der Waals surface area contributed by atoms with Crippen molar-refractivity contribution in [3.05, 3.63) is 54.6 Å². The lowest BCUT2D eigenvalue weighted by molar-refractivity contribution is 0.596. The first-order chi connectivity index (χ1) is 12.5. The molecule has 0 amide bonds. The van der Waals surface area contributed by atoms with Crippen LogP contribution < -0.4 is 0 Å². The SMILES string of the molecule is CC(C)(C)c1cc(-c2ncnc3c2sc2nncn23)cc2ccccc12. The monoisotopic (exact) mass is 359 g/mol. The summed E-state index contributed by atoms with van der Waals surface area (Å²) in [5, 5.41) is 10.6. The molecule has 3 aromatic heterocycles. The second kappa shape index (κ2) is 5.32. The quantitative estimate of drug-likeness (QED) is 0.429. The van der Waals surface area contributed by atoms with Crippen LogP contribution in [-0.2, 0) is 5.41 Å². The molecule has 0 aliphatic rings. The molecular formula is C20H17N5S. The topological polar surface area (TPSA) is 56.0 Å². The number of rotatable bonds is 1. The molecule has 3 heterocycles. The van der Waals surface area contributed by atoms with Crippen molar-refractivity contribution in [3.63, 3.8) is 0 Å². The summed E-state index contributed by atoms with van der Waals surface area (Å²) in [6.45, 7) is 6.75. The highest BCUT2D eigenvalue weighted by molar-refractivity contribution is 7.24. The standard InChI is InChI=1S/C20H17N5S/c1-20(2,3)15-9-13(8-12-6-4-5-7-14(12)15)16-17-18(22-10-21-16)25-11-23-24-19(25)26-17/h4-11H,1-3H3. The van der Waals surface area contributed by atoms with Crippen LogP contribution in [0.5, 0.6) is 0 Å². The van der Waals surface area contributed by atoms with Gasteiger partial charge >= 0.3 is 0 Å². The highest BCUT2D eigenvalue weighted by Gasteiger charge is 2.20. The number of thiazole rings is 1. The summed E-state index contributed by atoms with van der Waals surface area (Å²) in [5.74, 6) is 0. The van der Waals surface area contributed by atoms with Crippen LogP contribution in [0.1, 0.15) is 26.3 Å². The molecule has 0 saturated heterocycles. The summed E-state index contributed by atoms with van der Waals surface area (Å²) in [7, 11) is 0. The van der Waals surface area contributed by atoms with E-state index in [0.29, 0.717) is 0 Å². The van der Waals surface area contributed by atoms with Crippen LogP contribution in [0.4, 0.5) is 0 Å². The molecule has 0 N–H and O–H groups in total. The Morgan fingerprint density at radius 3 is 2.73 bits per heavy atom. The van der Waals surface area contributed by atoms with Gasteiger partial charge in [-0.05, 0) is 33.9 Å². The minimum absolute atomic E-state index is 0.0374. The molecule has 0 fully saturated rings. The van der Waals surface area contributed by atoms with E-state index >= 15 is 0 Å². The molecule has 0 unspecified atom stereocenters. The van der Waals surface area contributed by atoms with Gasteiger partial charge in [-0.15, -0.1) is 10.2 Å². The van der Waals surface area contributed by atoms with Crippen molar-refractivity contribution in [1.82, 2.24) is 24.6 Å². The Morgan fingerprint density at radius 2 is 1.88 bits per heavy atom. The van der Waals surface area contributed by atoms with Gasteiger partial charge in [0.1, 0.15) is 17.4 Å². The highest BCUT2D eigenvalue weighted by Crippen LogP contribution is 2.37. The Labute approximate surface area is 154 Å². The van der Waals surface area contributed by atoms with E-state index in [2.05, 4.69) is 77.3 Å². The molecule has 0 atom stereocenters. The number of aromatic nitrogens is 5. The van der Waals surface area contributed by atoms with Crippen molar-refractivity contribution >= 4 is 37.4 Å². The molecule has 5 rings (SSSR count). The number of nitrogens with zero attached hydrogens (tertiary/aromatic N) is 5. The minimum atomic E-state index is 0.0374. The van der Waals surface area contributed by atoms with Crippen LogP contribution in [0, 0.1) is 0 Å². The summed E-state index contributed by atoms with van der Waals surface area (Å²) < 4.78 is 2.95. The third-order valence-electron chi connectivity index (χ3n) is 4.67. The van der Waals surface area contributed by atoms with Crippen molar-refractivity contribution in [2.45, 2.75) is 26.2 Å². The summed E-state index contributed by atoms with van der Waals surface area (Å²) >= 11 is 1.57. The molecule has 0 aliphatic carbocycles. The molecular weight excluding hydrogens is 342 g/mol. The van der Waals surface area contributed by atoms with Crippen LogP contribution in [0.15, 0.2) is 49.1 Å². The number of fused-ring (bicyclic) bond motifs is 4. The second-order valence-electron chi connectivity index (χ2n) is 7.46. The molecule has 5 aromatic rings. The molecule has 0 saturated carbocycles. The summed E-state index contributed by atoms with van der Waals surface area (Å²) in [6, 6.07) is 13.0. The molecule has 128 valence electrons. The van der Waals surface area contributed by atoms with Crippen LogP contribution in [0.25, 0.3) is 37.3 Å². The summed E-state index contributed by atoms with van der Waals surface area (Å²) in [5.41, 5.74) is 4.27. The maximum atomic E-state index is 4.62. The zero-order valence-corrected chi connectivity index (χ0v) is 15.6. The van der Waals surface area contributed by atoms with Crippen molar-refractivity contribution in [1.29, 1.82) is 0 Å². The van der Waals surface area contributed by atoms with Gasteiger partial charge in [-0.1, -0.05) is 56.4 Å². The van der Waals surface area contributed by atoms with Crippen molar-refractivity contribution in [3.8, 4) is 11.3 Å². The van der Waals surface area contributed by atoms with E-state index in [1.165, 1.54) is 16.3 Å². The predicted molar refractivity (Wildman–Crippen MR) is 106 cm³/mol. The van der Waals surface area contributed by atoms with Gasteiger partial charge in [0.05, 0.1) is 5.69 Å². The van der Waals surface area contributed by atoms with Crippen LogP contribution >= 0.6 is 11.3 Å². The lowest BCUT2D eigenvalue weighted by atomic mass is 9.82. The maximum Gasteiger partial charge on any atom is 0.218 e. The van der Waals surface area contributed by atoms with Gasteiger partial charge in [0.15, 0.2) is 5.65 Å². The average molecular weight is 359 g/mol. The zero-order valence-electron chi connectivity index (χ0n) is 14.8. The molecule has 0 spiro atoms. The van der Waals surface area contributed by atoms with Gasteiger partial charge in [-0.3, -0.25) is 4.40 Å². The lowest BCUT2D eigenvalue weighted by Gasteiger charge is -2.22. The first-order valence-corrected chi connectivity index (χ1v) is 9.31. The molecule has 0 radical (unpaired) electrons. The molecule has 6 heteroatoms. The molecule has 5 nitrogen and oxygen atoms in total.